The number of nitrogens with zero attached hydrogens (tertiary/aromatic N) is 3. The fourth-order valence-electron chi connectivity index (χ4n) is 2.87. The largest absolute Gasteiger partial charge is 0.389 e. The van der Waals surface area contributed by atoms with Crippen LogP contribution in [0.4, 0.5) is 0 Å². The summed E-state index contributed by atoms with van der Waals surface area (Å²) >= 11 is 0. The number of rotatable bonds is 3. The Hall–Kier alpha value is -0.160. The van der Waals surface area contributed by atoms with Crippen molar-refractivity contribution in [2.75, 3.05) is 59.4 Å². The molecule has 0 aromatic heterocycles. The standard InChI is InChI=1S/C13H27N3O/c1-13(17)4-3-5-16(12-13)11-10-15-8-6-14(2)7-9-15/h17H,3-12H2,1-2H3. The van der Waals surface area contributed by atoms with Gasteiger partial charge in [0.15, 0.2) is 0 Å². The van der Waals surface area contributed by atoms with Crippen LogP contribution in [0.1, 0.15) is 19.8 Å². The Labute approximate surface area is 105 Å². The van der Waals surface area contributed by atoms with E-state index in [2.05, 4.69) is 21.7 Å². The Morgan fingerprint density at radius 1 is 1.00 bits per heavy atom. The summed E-state index contributed by atoms with van der Waals surface area (Å²) in [6, 6.07) is 0. The zero-order valence-corrected chi connectivity index (χ0v) is 11.4. The van der Waals surface area contributed by atoms with Crippen LogP contribution in [-0.4, -0.2) is 84.8 Å². The van der Waals surface area contributed by atoms with E-state index in [1.807, 2.05) is 6.92 Å². The van der Waals surface area contributed by atoms with Crippen LogP contribution in [0.5, 0.6) is 0 Å². The van der Waals surface area contributed by atoms with E-state index in [1.54, 1.807) is 0 Å². The third-order valence-corrected chi connectivity index (χ3v) is 4.08. The number of likely N-dealkylation sites (N-methyl/N-ethyl adjacent to an activating group) is 1. The highest BCUT2D eigenvalue weighted by molar-refractivity contribution is 4.83. The van der Waals surface area contributed by atoms with E-state index in [-0.39, 0.29) is 0 Å². The summed E-state index contributed by atoms with van der Waals surface area (Å²) in [6.45, 7) is 11.0. The fourth-order valence-corrected chi connectivity index (χ4v) is 2.87. The third-order valence-electron chi connectivity index (χ3n) is 4.08. The number of aliphatic hydroxyl groups is 1. The van der Waals surface area contributed by atoms with Gasteiger partial charge in [0.2, 0.25) is 0 Å². The summed E-state index contributed by atoms with van der Waals surface area (Å²) in [5, 5.41) is 10.1. The number of hydrogen-bond acceptors (Lipinski definition) is 4. The van der Waals surface area contributed by atoms with Gasteiger partial charge < -0.3 is 10.0 Å². The molecule has 2 aliphatic heterocycles. The Bertz CT molecular complexity index is 237. The van der Waals surface area contributed by atoms with E-state index in [4.69, 9.17) is 0 Å². The maximum absolute atomic E-state index is 10.1. The normalized spacial score (nSPS) is 34.1. The van der Waals surface area contributed by atoms with Gasteiger partial charge in [-0.25, -0.2) is 0 Å². The number of piperidine rings is 1. The first-order chi connectivity index (χ1) is 8.05. The van der Waals surface area contributed by atoms with Crippen LogP contribution in [0.25, 0.3) is 0 Å². The summed E-state index contributed by atoms with van der Waals surface area (Å²) in [7, 11) is 2.19. The molecule has 2 heterocycles. The van der Waals surface area contributed by atoms with Gasteiger partial charge in [0.05, 0.1) is 5.60 Å². The monoisotopic (exact) mass is 241 g/mol. The first-order valence-electron chi connectivity index (χ1n) is 6.91. The van der Waals surface area contributed by atoms with Gasteiger partial charge >= 0.3 is 0 Å². The highest BCUT2D eigenvalue weighted by Gasteiger charge is 2.28. The zero-order valence-electron chi connectivity index (χ0n) is 11.4. The van der Waals surface area contributed by atoms with Crippen molar-refractivity contribution in [1.29, 1.82) is 0 Å². The quantitative estimate of drug-likeness (QED) is 0.758. The van der Waals surface area contributed by atoms with E-state index < -0.39 is 5.60 Å². The molecule has 4 heteroatoms. The van der Waals surface area contributed by atoms with Gasteiger partial charge in [0.1, 0.15) is 0 Å². The van der Waals surface area contributed by atoms with Crippen molar-refractivity contribution in [2.45, 2.75) is 25.4 Å². The Morgan fingerprint density at radius 2 is 1.65 bits per heavy atom. The smallest absolute Gasteiger partial charge is 0.0746 e. The zero-order chi connectivity index (χ0) is 12.3. The molecule has 4 nitrogen and oxygen atoms in total. The molecule has 2 aliphatic rings. The molecule has 2 fully saturated rings. The molecule has 0 saturated carbocycles. The molecule has 1 unspecified atom stereocenters. The molecule has 0 aromatic carbocycles. The van der Waals surface area contributed by atoms with Gasteiger partial charge in [-0.1, -0.05) is 0 Å². The molecular formula is C13H27N3O. The van der Waals surface area contributed by atoms with Gasteiger partial charge in [-0.05, 0) is 33.4 Å². The summed E-state index contributed by atoms with van der Waals surface area (Å²) in [6.07, 6.45) is 2.09. The molecule has 17 heavy (non-hydrogen) atoms. The maximum atomic E-state index is 10.1. The lowest BCUT2D eigenvalue weighted by molar-refractivity contribution is -0.0186. The average Bonchev–Trinajstić information content (AvgIpc) is 2.27. The summed E-state index contributed by atoms with van der Waals surface area (Å²) in [4.78, 5) is 7.35. The van der Waals surface area contributed by atoms with Crippen LogP contribution >= 0.6 is 0 Å². The molecule has 1 atom stereocenters. The first kappa shape index (κ1) is 13.3. The van der Waals surface area contributed by atoms with Crippen molar-refractivity contribution in [3.63, 3.8) is 0 Å². The van der Waals surface area contributed by atoms with Crippen molar-refractivity contribution in [1.82, 2.24) is 14.7 Å². The van der Waals surface area contributed by atoms with Crippen LogP contribution in [0.2, 0.25) is 0 Å². The number of likely N-dealkylation sites (tertiary alicyclic amines) is 1. The predicted molar refractivity (Wildman–Crippen MR) is 70.2 cm³/mol. The first-order valence-corrected chi connectivity index (χ1v) is 6.91. The second kappa shape index (κ2) is 5.65. The second-order valence-corrected chi connectivity index (χ2v) is 6.02. The van der Waals surface area contributed by atoms with E-state index in [9.17, 15) is 5.11 Å². The third kappa shape index (κ3) is 4.21. The van der Waals surface area contributed by atoms with Crippen LogP contribution in [-0.2, 0) is 0 Å². The van der Waals surface area contributed by atoms with E-state index >= 15 is 0 Å². The van der Waals surface area contributed by atoms with Gasteiger partial charge in [-0.15, -0.1) is 0 Å². The fraction of sp³-hybridized carbons (Fsp3) is 1.00. The van der Waals surface area contributed by atoms with E-state index in [0.29, 0.717) is 0 Å². The Balaban J connectivity index is 1.68. The summed E-state index contributed by atoms with van der Waals surface area (Å²) < 4.78 is 0. The SMILES string of the molecule is CN1CCN(CCN2CCCC(C)(O)C2)CC1. The molecule has 1 N–H and O–H groups in total. The molecule has 0 aromatic rings. The molecule has 2 saturated heterocycles. The topological polar surface area (TPSA) is 30.0 Å². The predicted octanol–water partition coefficient (Wildman–Crippen LogP) is 0.0806. The molecule has 0 aliphatic carbocycles. The van der Waals surface area contributed by atoms with Gasteiger partial charge in [-0.3, -0.25) is 9.80 Å². The molecule has 2 rings (SSSR count). The second-order valence-electron chi connectivity index (χ2n) is 6.02. The lowest BCUT2D eigenvalue weighted by Gasteiger charge is -2.39. The minimum absolute atomic E-state index is 0.458. The van der Waals surface area contributed by atoms with Crippen molar-refractivity contribution in [2.24, 2.45) is 0 Å². The Kier molecular flexibility index (Phi) is 4.42. The molecule has 100 valence electrons. The average molecular weight is 241 g/mol. The lowest BCUT2D eigenvalue weighted by Crippen LogP contribution is -2.50. The van der Waals surface area contributed by atoms with Crippen LogP contribution < -0.4 is 0 Å². The highest BCUT2D eigenvalue weighted by Crippen LogP contribution is 2.19. The molecule has 0 spiro atoms. The summed E-state index contributed by atoms with van der Waals surface area (Å²) in [5.41, 5.74) is -0.458. The maximum Gasteiger partial charge on any atom is 0.0746 e. The van der Waals surface area contributed by atoms with Crippen molar-refractivity contribution in [3.8, 4) is 0 Å². The van der Waals surface area contributed by atoms with Crippen LogP contribution in [0.3, 0.4) is 0 Å². The van der Waals surface area contributed by atoms with Crippen LogP contribution in [0, 0.1) is 0 Å². The van der Waals surface area contributed by atoms with Crippen LogP contribution in [0.15, 0.2) is 0 Å². The van der Waals surface area contributed by atoms with Crippen molar-refractivity contribution < 1.29 is 5.11 Å². The molecule has 0 amide bonds. The molecular weight excluding hydrogens is 214 g/mol. The minimum Gasteiger partial charge on any atom is -0.389 e. The summed E-state index contributed by atoms with van der Waals surface area (Å²) in [5.74, 6) is 0. The molecule has 0 bridgehead atoms. The number of piperazine rings is 1. The van der Waals surface area contributed by atoms with Gasteiger partial charge in [0.25, 0.3) is 0 Å². The highest BCUT2D eigenvalue weighted by atomic mass is 16.3. The number of β-amino-alcohol motifs (C(OH)–C–C–N with tert-alkyl or cyclic N) is 1. The Morgan fingerprint density at radius 3 is 2.29 bits per heavy atom. The molecule has 0 radical (unpaired) electrons. The van der Waals surface area contributed by atoms with Crippen molar-refractivity contribution in [3.05, 3.63) is 0 Å². The van der Waals surface area contributed by atoms with E-state index in [0.717, 1.165) is 39.0 Å². The minimum atomic E-state index is -0.458. The lowest BCUT2D eigenvalue weighted by atomic mass is 9.95. The van der Waals surface area contributed by atoms with Gasteiger partial charge in [-0.2, -0.15) is 0 Å². The number of hydrogen-bond donors (Lipinski definition) is 1. The van der Waals surface area contributed by atoms with Crippen molar-refractivity contribution >= 4 is 0 Å². The van der Waals surface area contributed by atoms with E-state index in [1.165, 1.54) is 26.2 Å². The van der Waals surface area contributed by atoms with Gasteiger partial charge in [0, 0.05) is 45.8 Å².